The zero-order valence-corrected chi connectivity index (χ0v) is 13.5. The maximum atomic E-state index is 9.09. The largest absolute Gasteiger partial charge is 0.396 e. The number of aliphatic hydroxyl groups is 1. The second-order valence-electron chi connectivity index (χ2n) is 6.92. The SMILES string of the molecule is CCC(CCO)NC1CCN(C2CCCCC2C)CC1. The third-order valence-electron chi connectivity index (χ3n) is 5.51. The molecule has 0 amide bonds. The smallest absolute Gasteiger partial charge is 0.0445 e. The van der Waals surface area contributed by atoms with Crippen molar-refractivity contribution in [3.8, 4) is 0 Å². The molecule has 1 saturated carbocycles. The highest BCUT2D eigenvalue weighted by atomic mass is 16.3. The van der Waals surface area contributed by atoms with Crippen LogP contribution in [0.4, 0.5) is 0 Å². The summed E-state index contributed by atoms with van der Waals surface area (Å²) in [7, 11) is 0. The van der Waals surface area contributed by atoms with Gasteiger partial charge in [0.2, 0.25) is 0 Å². The van der Waals surface area contributed by atoms with Crippen LogP contribution in [-0.4, -0.2) is 47.8 Å². The first-order valence-electron chi connectivity index (χ1n) is 8.85. The van der Waals surface area contributed by atoms with E-state index in [9.17, 15) is 0 Å². The molecule has 0 aromatic carbocycles. The summed E-state index contributed by atoms with van der Waals surface area (Å²) >= 11 is 0. The maximum Gasteiger partial charge on any atom is 0.0445 e. The van der Waals surface area contributed by atoms with Crippen molar-refractivity contribution in [2.45, 2.75) is 83.3 Å². The van der Waals surface area contributed by atoms with Crippen molar-refractivity contribution < 1.29 is 5.11 Å². The zero-order chi connectivity index (χ0) is 14.4. The van der Waals surface area contributed by atoms with Gasteiger partial charge >= 0.3 is 0 Å². The standard InChI is InChI=1S/C17H34N2O/c1-3-15(10-13-20)18-16-8-11-19(12-9-16)17-7-5-4-6-14(17)2/h14-18,20H,3-13H2,1-2H3. The lowest BCUT2D eigenvalue weighted by Crippen LogP contribution is -2.51. The van der Waals surface area contributed by atoms with E-state index in [1.54, 1.807) is 0 Å². The fourth-order valence-electron chi connectivity index (χ4n) is 4.13. The first-order chi connectivity index (χ1) is 9.74. The minimum Gasteiger partial charge on any atom is -0.396 e. The number of piperidine rings is 1. The Kier molecular flexibility index (Phi) is 6.79. The van der Waals surface area contributed by atoms with Gasteiger partial charge in [0.05, 0.1) is 0 Å². The molecular weight excluding hydrogens is 248 g/mol. The average molecular weight is 282 g/mol. The fraction of sp³-hybridized carbons (Fsp3) is 1.00. The lowest BCUT2D eigenvalue weighted by Gasteiger charge is -2.43. The van der Waals surface area contributed by atoms with Gasteiger partial charge in [0.1, 0.15) is 0 Å². The molecule has 118 valence electrons. The minimum absolute atomic E-state index is 0.309. The Morgan fingerprint density at radius 2 is 1.85 bits per heavy atom. The molecule has 0 spiro atoms. The Hall–Kier alpha value is -0.120. The number of likely N-dealkylation sites (tertiary alicyclic amines) is 1. The van der Waals surface area contributed by atoms with E-state index in [1.165, 1.54) is 51.6 Å². The van der Waals surface area contributed by atoms with Crippen LogP contribution in [0.2, 0.25) is 0 Å². The summed E-state index contributed by atoms with van der Waals surface area (Å²) in [5.41, 5.74) is 0. The van der Waals surface area contributed by atoms with Crippen molar-refractivity contribution in [1.82, 2.24) is 10.2 Å². The highest BCUT2D eigenvalue weighted by Gasteiger charge is 2.30. The highest BCUT2D eigenvalue weighted by molar-refractivity contribution is 4.87. The molecule has 2 aliphatic rings. The molecule has 3 nitrogen and oxygen atoms in total. The molecule has 1 aliphatic heterocycles. The van der Waals surface area contributed by atoms with Gasteiger partial charge in [0, 0.05) is 24.7 Å². The zero-order valence-electron chi connectivity index (χ0n) is 13.5. The van der Waals surface area contributed by atoms with Gasteiger partial charge in [-0.1, -0.05) is 26.7 Å². The molecule has 0 bridgehead atoms. The summed E-state index contributed by atoms with van der Waals surface area (Å²) in [6.45, 7) is 7.50. The molecule has 2 fully saturated rings. The molecule has 3 atom stereocenters. The van der Waals surface area contributed by atoms with E-state index >= 15 is 0 Å². The average Bonchev–Trinajstić information content (AvgIpc) is 2.48. The van der Waals surface area contributed by atoms with Crippen LogP contribution in [0, 0.1) is 5.92 Å². The second-order valence-corrected chi connectivity index (χ2v) is 6.92. The summed E-state index contributed by atoms with van der Waals surface area (Å²) in [5, 5.41) is 12.8. The summed E-state index contributed by atoms with van der Waals surface area (Å²) < 4.78 is 0. The number of hydrogen-bond donors (Lipinski definition) is 2. The van der Waals surface area contributed by atoms with Crippen molar-refractivity contribution in [1.29, 1.82) is 0 Å². The first-order valence-corrected chi connectivity index (χ1v) is 8.85. The molecule has 3 heteroatoms. The van der Waals surface area contributed by atoms with Gasteiger partial charge in [-0.2, -0.15) is 0 Å². The quantitative estimate of drug-likeness (QED) is 0.786. The van der Waals surface area contributed by atoms with Crippen molar-refractivity contribution in [3.05, 3.63) is 0 Å². The Morgan fingerprint density at radius 3 is 2.45 bits per heavy atom. The van der Waals surface area contributed by atoms with Crippen molar-refractivity contribution >= 4 is 0 Å². The van der Waals surface area contributed by atoms with E-state index < -0.39 is 0 Å². The molecule has 1 heterocycles. The minimum atomic E-state index is 0.309. The van der Waals surface area contributed by atoms with Crippen LogP contribution >= 0.6 is 0 Å². The summed E-state index contributed by atoms with van der Waals surface area (Å²) in [6.07, 6.45) is 10.3. The molecule has 2 rings (SSSR count). The van der Waals surface area contributed by atoms with Crippen LogP contribution in [0.3, 0.4) is 0 Å². The normalized spacial score (nSPS) is 31.4. The van der Waals surface area contributed by atoms with Gasteiger partial charge in [-0.25, -0.2) is 0 Å². The predicted molar refractivity (Wildman–Crippen MR) is 84.9 cm³/mol. The molecular formula is C17H34N2O. The second kappa shape index (κ2) is 8.35. The lowest BCUT2D eigenvalue weighted by atomic mass is 9.84. The maximum absolute atomic E-state index is 9.09. The Bertz CT molecular complexity index is 264. The van der Waals surface area contributed by atoms with Crippen LogP contribution in [0.5, 0.6) is 0 Å². The molecule has 2 N–H and O–H groups in total. The third-order valence-corrected chi connectivity index (χ3v) is 5.51. The fourth-order valence-corrected chi connectivity index (χ4v) is 4.13. The van der Waals surface area contributed by atoms with Gasteiger partial charge in [0.25, 0.3) is 0 Å². The van der Waals surface area contributed by atoms with Gasteiger partial charge in [-0.3, -0.25) is 0 Å². The number of hydrogen-bond acceptors (Lipinski definition) is 3. The molecule has 0 aromatic rings. The van der Waals surface area contributed by atoms with Crippen LogP contribution < -0.4 is 5.32 Å². The van der Waals surface area contributed by atoms with Crippen molar-refractivity contribution in [3.63, 3.8) is 0 Å². The predicted octanol–water partition coefficient (Wildman–Crippen LogP) is 2.78. The number of nitrogens with one attached hydrogen (secondary N) is 1. The third kappa shape index (κ3) is 4.44. The first kappa shape index (κ1) is 16.3. The Morgan fingerprint density at radius 1 is 1.15 bits per heavy atom. The molecule has 1 saturated heterocycles. The summed E-state index contributed by atoms with van der Waals surface area (Å²) in [5.74, 6) is 0.894. The molecule has 0 aromatic heterocycles. The van der Waals surface area contributed by atoms with Crippen LogP contribution in [0.1, 0.15) is 65.2 Å². The Balaban J connectivity index is 1.74. The van der Waals surface area contributed by atoms with Crippen molar-refractivity contribution in [2.24, 2.45) is 5.92 Å². The lowest BCUT2D eigenvalue weighted by molar-refractivity contribution is 0.0787. The van der Waals surface area contributed by atoms with E-state index in [2.05, 4.69) is 24.1 Å². The van der Waals surface area contributed by atoms with E-state index in [0.717, 1.165) is 24.8 Å². The topological polar surface area (TPSA) is 35.5 Å². The molecule has 1 aliphatic carbocycles. The number of aliphatic hydroxyl groups excluding tert-OH is 1. The summed E-state index contributed by atoms with van der Waals surface area (Å²) in [4.78, 5) is 2.76. The van der Waals surface area contributed by atoms with Gasteiger partial charge in [-0.15, -0.1) is 0 Å². The van der Waals surface area contributed by atoms with E-state index in [0.29, 0.717) is 18.7 Å². The number of nitrogens with zero attached hydrogens (tertiary/aromatic N) is 1. The Labute approximate surface area is 125 Å². The van der Waals surface area contributed by atoms with Crippen LogP contribution in [0.15, 0.2) is 0 Å². The molecule has 3 unspecified atom stereocenters. The van der Waals surface area contributed by atoms with Crippen LogP contribution in [-0.2, 0) is 0 Å². The monoisotopic (exact) mass is 282 g/mol. The number of rotatable bonds is 6. The highest BCUT2D eigenvalue weighted by Crippen LogP contribution is 2.30. The van der Waals surface area contributed by atoms with Gasteiger partial charge in [0.15, 0.2) is 0 Å². The van der Waals surface area contributed by atoms with E-state index in [-0.39, 0.29) is 0 Å². The van der Waals surface area contributed by atoms with Crippen LogP contribution in [0.25, 0.3) is 0 Å². The molecule has 20 heavy (non-hydrogen) atoms. The van der Waals surface area contributed by atoms with Crippen molar-refractivity contribution in [2.75, 3.05) is 19.7 Å². The summed E-state index contributed by atoms with van der Waals surface area (Å²) in [6, 6.07) is 2.02. The molecule has 0 radical (unpaired) electrons. The van der Waals surface area contributed by atoms with E-state index in [1.807, 2.05) is 0 Å². The van der Waals surface area contributed by atoms with Gasteiger partial charge < -0.3 is 15.3 Å². The van der Waals surface area contributed by atoms with E-state index in [4.69, 9.17) is 5.11 Å². The van der Waals surface area contributed by atoms with Gasteiger partial charge in [-0.05, 0) is 57.5 Å².